The predicted octanol–water partition coefficient (Wildman–Crippen LogP) is 10.4. The molecule has 0 aliphatic carbocycles. The van der Waals surface area contributed by atoms with Crippen LogP contribution < -0.4 is 10.6 Å². The minimum absolute atomic E-state index is 0.0703. The molecule has 36 heteroatoms. The Balaban J connectivity index is 6.54. The van der Waals surface area contributed by atoms with E-state index in [9.17, 15) is 142 Å². The second kappa shape index (κ2) is 17.4. The molecule has 3 N–H and O–H groups in total. The summed E-state index contributed by atoms with van der Waals surface area (Å²) in [5.74, 6) is -125. The van der Waals surface area contributed by atoms with Crippen molar-refractivity contribution in [3.8, 4) is 0 Å². The second-order valence-electron chi connectivity index (χ2n) is 11.9. The first-order valence-corrected chi connectivity index (χ1v) is 15.8. The molecule has 0 radical (unpaired) electrons. The standard InChI is InChI=1S/C25H19F29N2O4S/c26-12(27,5-8-61-11(60)56-7-4-9(57)55-6-2-1-3-10(58)59)13(28,29)14(30,31)15(32,33)16(34,35)17(36,37)18(38,39)19(40,41)20(42,43)21(44,45)22(46,47)23(48,49)24(50,51)25(52,53)54/h1-8H2,(H,55,57)(H,56,60)(H,58,59). The molecule has 0 aromatic rings. The lowest BCUT2D eigenvalue weighted by Gasteiger charge is -2.46. The van der Waals surface area contributed by atoms with Gasteiger partial charge in [0.15, 0.2) is 0 Å². The summed E-state index contributed by atoms with van der Waals surface area (Å²) in [6.45, 7) is -0.911. The summed E-state index contributed by atoms with van der Waals surface area (Å²) in [6, 6.07) is 0. The average Bonchev–Trinajstić information content (AvgIpc) is 3.06. The van der Waals surface area contributed by atoms with E-state index < -0.39 is 137 Å². The zero-order valence-electron chi connectivity index (χ0n) is 28.2. The molecule has 0 bridgehead atoms. The summed E-state index contributed by atoms with van der Waals surface area (Å²) in [6.07, 6.45) is -12.3. The van der Waals surface area contributed by atoms with Crippen molar-refractivity contribution in [3.05, 3.63) is 0 Å². The first-order chi connectivity index (χ1) is 26.5. The summed E-state index contributed by atoms with van der Waals surface area (Å²) in [5.41, 5.74) is 0. The van der Waals surface area contributed by atoms with Crippen LogP contribution in [0.4, 0.5) is 132 Å². The molecule has 0 saturated carbocycles. The fourth-order valence-electron chi connectivity index (χ4n) is 3.85. The van der Waals surface area contributed by atoms with Crippen LogP contribution in [0.5, 0.6) is 0 Å². The molecule has 0 aliphatic heterocycles. The number of hydrogen-bond donors (Lipinski definition) is 3. The van der Waals surface area contributed by atoms with Crippen molar-refractivity contribution >= 4 is 28.9 Å². The van der Waals surface area contributed by atoms with Crippen LogP contribution in [0.25, 0.3) is 0 Å². The molecule has 0 fully saturated rings. The molecule has 0 aromatic heterocycles. The first kappa shape index (κ1) is 57.7. The fraction of sp³-hybridized carbons (Fsp3) is 0.880. The zero-order valence-corrected chi connectivity index (χ0v) is 29.0. The number of halogens is 29. The first-order valence-electron chi connectivity index (χ1n) is 14.8. The quantitative estimate of drug-likeness (QED) is 0.0700. The third kappa shape index (κ3) is 9.36. The number of amides is 2. The van der Waals surface area contributed by atoms with Crippen molar-refractivity contribution < 1.29 is 147 Å². The number of carbonyl (C=O) groups is 3. The molecule has 6 nitrogen and oxygen atoms in total. The predicted molar refractivity (Wildman–Crippen MR) is 140 cm³/mol. The van der Waals surface area contributed by atoms with Crippen molar-refractivity contribution in [2.75, 3.05) is 18.8 Å². The Morgan fingerprint density at radius 1 is 0.393 bits per heavy atom. The lowest BCUT2D eigenvalue weighted by atomic mass is 9.83. The average molecular weight is 994 g/mol. The van der Waals surface area contributed by atoms with E-state index in [1.807, 2.05) is 0 Å². The Hall–Kier alpha value is -3.27. The van der Waals surface area contributed by atoms with E-state index in [0.29, 0.717) is 0 Å². The molecule has 0 heterocycles. The molecule has 0 unspecified atom stereocenters. The van der Waals surface area contributed by atoms with Gasteiger partial charge < -0.3 is 15.7 Å². The van der Waals surface area contributed by atoms with Gasteiger partial charge in [0.05, 0.1) is 0 Å². The second-order valence-corrected chi connectivity index (χ2v) is 12.9. The van der Waals surface area contributed by atoms with E-state index in [2.05, 4.69) is 5.32 Å². The highest BCUT2D eigenvalue weighted by molar-refractivity contribution is 8.13. The molecule has 0 atom stereocenters. The Labute approximate surface area is 321 Å². The molecule has 0 aliphatic rings. The Morgan fingerprint density at radius 2 is 0.705 bits per heavy atom. The Morgan fingerprint density at radius 3 is 1.02 bits per heavy atom. The van der Waals surface area contributed by atoms with Gasteiger partial charge in [-0.1, -0.05) is 11.8 Å². The number of rotatable bonds is 23. The van der Waals surface area contributed by atoms with E-state index in [-0.39, 0.29) is 25.8 Å². The monoisotopic (exact) mass is 994 g/mol. The summed E-state index contributed by atoms with van der Waals surface area (Å²) in [7, 11) is 0. The van der Waals surface area contributed by atoms with Crippen LogP contribution in [0.1, 0.15) is 32.1 Å². The maximum atomic E-state index is 14.1. The molecule has 0 spiro atoms. The number of unbranched alkanes of at least 4 members (excludes halogenated alkanes) is 1. The maximum absolute atomic E-state index is 14.1. The van der Waals surface area contributed by atoms with Gasteiger partial charge in [-0.05, 0) is 12.8 Å². The van der Waals surface area contributed by atoms with Crippen LogP contribution in [0, 0.1) is 0 Å². The Bertz CT molecular complexity index is 1560. The molecule has 0 aromatic carbocycles. The zero-order chi connectivity index (χ0) is 49.5. The van der Waals surface area contributed by atoms with Gasteiger partial charge in [0.1, 0.15) is 0 Å². The minimum atomic E-state index is -9.99. The number of hydrogen-bond acceptors (Lipinski definition) is 4. The Kier molecular flexibility index (Phi) is 16.4. The van der Waals surface area contributed by atoms with Crippen molar-refractivity contribution in [1.82, 2.24) is 10.6 Å². The van der Waals surface area contributed by atoms with E-state index >= 15 is 0 Å². The van der Waals surface area contributed by atoms with Crippen LogP contribution in [0.3, 0.4) is 0 Å². The highest BCUT2D eigenvalue weighted by Crippen LogP contribution is 2.69. The van der Waals surface area contributed by atoms with Gasteiger partial charge in [-0.3, -0.25) is 14.4 Å². The van der Waals surface area contributed by atoms with Crippen LogP contribution in [-0.2, 0) is 9.59 Å². The third-order valence-electron chi connectivity index (χ3n) is 7.56. The number of aliphatic carboxylic acids is 1. The topological polar surface area (TPSA) is 95.5 Å². The van der Waals surface area contributed by atoms with Gasteiger partial charge in [-0.25, -0.2) is 0 Å². The molecule has 362 valence electrons. The molecule has 0 rings (SSSR count). The lowest BCUT2D eigenvalue weighted by molar-refractivity contribution is -0.487. The van der Waals surface area contributed by atoms with Crippen molar-refractivity contribution in [2.45, 2.75) is 115 Å². The highest BCUT2D eigenvalue weighted by Gasteiger charge is 3.00. The number of carbonyl (C=O) groups excluding carboxylic acids is 2. The van der Waals surface area contributed by atoms with Gasteiger partial charge in [0.25, 0.3) is 5.24 Å². The van der Waals surface area contributed by atoms with E-state index in [4.69, 9.17) is 5.11 Å². The van der Waals surface area contributed by atoms with Crippen molar-refractivity contribution in [2.24, 2.45) is 0 Å². The number of carboxylic acid groups (broad SMARTS) is 1. The van der Waals surface area contributed by atoms with E-state index in [0.717, 1.165) is 0 Å². The summed E-state index contributed by atoms with van der Waals surface area (Å²) in [5, 5.41) is 10.5. The van der Waals surface area contributed by atoms with Crippen LogP contribution >= 0.6 is 11.8 Å². The highest BCUT2D eigenvalue weighted by atomic mass is 32.2. The third-order valence-corrected chi connectivity index (χ3v) is 8.38. The van der Waals surface area contributed by atoms with Gasteiger partial charge in [-0.2, -0.15) is 127 Å². The maximum Gasteiger partial charge on any atom is 0.460 e. The molecule has 0 saturated heterocycles. The van der Waals surface area contributed by atoms with Crippen molar-refractivity contribution in [1.29, 1.82) is 0 Å². The number of alkyl halides is 29. The number of carboxylic acids is 1. The smallest absolute Gasteiger partial charge is 0.460 e. The minimum Gasteiger partial charge on any atom is -0.481 e. The summed E-state index contributed by atoms with van der Waals surface area (Å²) >= 11 is -0.722. The number of nitrogens with one attached hydrogen (secondary N) is 2. The SMILES string of the molecule is O=C(O)CCCCNC(=O)CCNC(=O)SCCC(F)(F)C(F)(F)C(F)(F)C(F)(F)C(F)(F)C(F)(F)C(F)(F)C(F)(F)C(F)(F)C(F)(F)C(F)(F)C(F)(F)C(F)(F)C(F)(F)F. The van der Waals surface area contributed by atoms with Crippen molar-refractivity contribution in [3.63, 3.8) is 0 Å². The lowest BCUT2D eigenvalue weighted by Crippen LogP contribution is -2.79. The van der Waals surface area contributed by atoms with Crippen LogP contribution in [0.15, 0.2) is 0 Å². The normalized spacial score (nSPS) is 15.5. The molecule has 61 heavy (non-hydrogen) atoms. The van der Waals surface area contributed by atoms with Gasteiger partial charge in [-0.15, -0.1) is 0 Å². The fourth-order valence-corrected chi connectivity index (χ4v) is 4.60. The summed E-state index contributed by atoms with van der Waals surface area (Å²) < 4.78 is 396. The molecular weight excluding hydrogens is 975 g/mol. The summed E-state index contributed by atoms with van der Waals surface area (Å²) in [4.78, 5) is 33.5. The largest absolute Gasteiger partial charge is 0.481 e. The number of thioether (sulfide) groups is 1. The van der Waals surface area contributed by atoms with E-state index in [1.54, 1.807) is 5.32 Å². The molecular formula is C25H19F29N2O4S. The van der Waals surface area contributed by atoms with Gasteiger partial charge in [0, 0.05) is 38.1 Å². The van der Waals surface area contributed by atoms with Gasteiger partial charge in [0.2, 0.25) is 5.91 Å². The van der Waals surface area contributed by atoms with Crippen LogP contribution in [-0.4, -0.2) is 124 Å². The van der Waals surface area contributed by atoms with Crippen LogP contribution in [0.2, 0.25) is 0 Å². The van der Waals surface area contributed by atoms with E-state index in [1.165, 1.54) is 0 Å². The molecule has 2 amide bonds. The van der Waals surface area contributed by atoms with Gasteiger partial charge >= 0.3 is 89.1 Å².